The summed E-state index contributed by atoms with van der Waals surface area (Å²) in [5.74, 6) is 0. The Morgan fingerprint density at radius 2 is 2.25 bits per heavy atom. The molecule has 1 heterocycles. The van der Waals surface area contributed by atoms with E-state index in [0.29, 0.717) is 6.54 Å². The molecule has 1 aliphatic heterocycles. The van der Waals surface area contributed by atoms with Crippen molar-refractivity contribution in [3.05, 3.63) is 0 Å². The largest absolute Gasteiger partial charge is 0.394 e. The van der Waals surface area contributed by atoms with Gasteiger partial charge in [-0.15, -0.1) is 0 Å². The van der Waals surface area contributed by atoms with Gasteiger partial charge in [-0.25, -0.2) is 4.39 Å². The van der Waals surface area contributed by atoms with Crippen LogP contribution in [0.4, 0.5) is 4.39 Å². The number of piperidine rings is 1. The van der Waals surface area contributed by atoms with E-state index in [1.807, 2.05) is 6.92 Å². The fraction of sp³-hybridized carbons (Fsp3) is 1.00. The van der Waals surface area contributed by atoms with Crippen molar-refractivity contribution >= 4 is 0 Å². The lowest BCUT2D eigenvalue weighted by Crippen LogP contribution is -2.52. The van der Waals surface area contributed by atoms with Crippen LogP contribution in [0.3, 0.4) is 0 Å². The first-order valence-corrected chi connectivity index (χ1v) is 4.65. The van der Waals surface area contributed by atoms with Crippen LogP contribution in [0.1, 0.15) is 26.2 Å². The summed E-state index contributed by atoms with van der Waals surface area (Å²) in [6.07, 6.45) is 3.28. The number of likely N-dealkylation sites (tertiary alicyclic amines) is 1. The van der Waals surface area contributed by atoms with Gasteiger partial charge in [0.25, 0.3) is 0 Å². The lowest BCUT2D eigenvalue weighted by atomic mass is 9.89. The van der Waals surface area contributed by atoms with E-state index in [2.05, 4.69) is 4.90 Å². The number of nitrogens with zero attached hydrogens (tertiary/aromatic N) is 1. The SMILES string of the molecule is CC1(CO)CCCCN1CCF. The smallest absolute Gasteiger partial charge is 0.102 e. The van der Waals surface area contributed by atoms with E-state index >= 15 is 0 Å². The first-order chi connectivity index (χ1) is 5.73. The first-order valence-electron chi connectivity index (χ1n) is 4.65. The van der Waals surface area contributed by atoms with Crippen molar-refractivity contribution in [1.29, 1.82) is 0 Å². The van der Waals surface area contributed by atoms with Crippen molar-refractivity contribution in [3.8, 4) is 0 Å². The predicted molar refractivity (Wildman–Crippen MR) is 46.9 cm³/mol. The summed E-state index contributed by atoms with van der Waals surface area (Å²) in [5, 5.41) is 9.18. The second kappa shape index (κ2) is 4.19. The lowest BCUT2D eigenvalue weighted by Gasteiger charge is -2.43. The Labute approximate surface area is 73.4 Å². The van der Waals surface area contributed by atoms with Gasteiger partial charge in [-0.2, -0.15) is 0 Å². The molecule has 2 nitrogen and oxygen atoms in total. The van der Waals surface area contributed by atoms with Crippen LogP contribution in [0, 0.1) is 0 Å². The first kappa shape index (κ1) is 9.93. The molecule has 1 N–H and O–H groups in total. The highest BCUT2D eigenvalue weighted by Gasteiger charge is 2.32. The zero-order valence-electron chi connectivity index (χ0n) is 7.72. The van der Waals surface area contributed by atoms with Crippen LogP contribution in [0.25, 0.3) is 0 Å². The summed E-state index contributed by atoms with van der Waals surface area (Å²) in [6.45, 7) is 3.25. The highest BCUT2D eigenvalue weighted by molar-refractivity contribution is 4.88. The van der Waals surface area contributed by atoms with Gasteiger partial charge in [0, 0.05) is 12.1 Å². The summed E-state index contributed by atoms with van der Waals surface area (Å²) in [4.78, 5) is 2.07. The molecule has 1 unspecified atom stereocenters. The topological polar surface area (TPSA) is 23.5 Å². The van der Waals surface area contributed by atoms with Gasteiger partial charge in [-0.1, -0.05) is 6.42 Å². The van der Waals surface area contributed by atoms with Crippen molar-refractivity contribution in [1.82, 2.24) is 4.90 Å². The van der Waals surface area contributed by atoms with E-state index in [-0.39, 0.29) is 18.8 Å². The maximum atomic E-state index is 12.1. The Hall–Kier alpha value is -0.150. The molecular weight excluding hydrogens is 157 g/mol. The van der Waals surface area contributed by atoms with E-state index in [4.69, 9.17) is 0 Å². The molecule has 12 heavy (non-hydrogen) atoms. The lowest BCUT2D eigenvalue weighted by molar-refractivity contribution is 0.00894. The van der Waals surface area contributed by atoms with Crippen LogP contribution in [-0.4, -0.2) is 41.9 Å². The number of halogens is 1. The van der Waals surface area contributed by atoms with Gasteiger partial charge in [0.2, 0.25) is 0 Å². The standard InChI is InChI=1S/C9H18FNO/c1-9(8-12)4-2-3-6-11(9)7-5-10/h12H,2-8H2,1H3. The number of aliphatic hydroxyl groups excluding tert-OH is 1. The average Bonchev–Trinajstić information content (AvgIpc) is 2.10. The molecule has 72 valence electrons. The number of aliphatic hydroxyl groups is 1. The molecule has 3 heteroatoms. The van der Waals surface area contributed by atoms with Crippen molar-refractivity contribution in [3.63, 3.8) is 0 Å². The van der Waals surface area contributed by atoms with Crippen LogP contribution < -0.4 is 0 Å². The number of hydrogen-bond donors (Lipinski definition) is 1. The van der Waals surface area contributed by atoms with Crippen LogP contribution in [0.5, 0.6) is 0 Å². The highest BCUT2D eigenvalue weighted by atomic mass is 19.1. The summed E-state index contributed by atoms with van der Waals surface area (Å²) in [5.41, 5.74) is -0.162. The molecule has 0 amide bonds. The maximum Gasteiger partial charge on any atom is 0.102 e. The van der Waals surface area contributed by atoms with Gasteiger partial charge in [0.1, 0.15) is 6.67 Å². The minimum absolute atomic E-state index is 0.146. The second-order valence-electron chi connectivity index (χ2n) is 3.79. The predicted octanol–water partition coefficient (Wildman–Crippen LogP) is 1.19. The fourth-order valence-corrected chi connectivity index (χ4v) is 1.90. The molecule has 0 aromatic rings. The molecule has 1 aliphatic rings. The van der Waals surface area contributed by atoms with Crippen LogP contribution in [0.2, 0.25) is 0 Å². The molecule has 1 fully saturated rings. The Bertz CT molecular complexity index is 140. The van der Waals surface area contributed by atoms with E-state index in [0.717, 1.165) is 25.8 Å². The third kappa shape index (κ3) is 1.96. The number of hydrogen-bond acceptors (Lipinski definition) is 2. The Morgan fingerprint density at radius 1 is 1.50 bits per heavy atom. The van der Waals surface area contributed by atoms with Crippen LogP contribution in [0.15, 0.2) is 0 Å². The van der Waals surface area contributed by atoms with E-state index in [1.54, 1.807) is 0 Å². The zero-order valence-corrected chi connectivity index (χ0v) is 7.72. The fourth-order valence-electron chi connectivity index (χ4n) is 1.90. The van der Waals surface area contributed by atoms with E-state index in [1.165, 1.54) is 0 Å². The normalized spacial score (nSPS) is 32.2. The average molecular weight is 175 g/mol. The van der Waals surface area contributed by atoms with Gasteiger partial charge in [-0.05, 0) is 26.3 Å². The van der Waals surface area contributed by atoms with E-state index in [9.17, 15) is 9.50 Å². The summed E-state index contributed by atoms with van der Waals surface area (Å²) in [7, 11) is 0. The molecule has 0 aromatic heterocycles. The number of rotatable bonds is 3. The minimum atomic E-state index is -0.310. The van der Waals surface area contributed by atoms with Crippen molar-refractivity contribution < 1.29 is 9.50 Å². The van der Waals surface area contributed by atoms with Gasteiger partial charge in [-0.3, -0.25) is 4.90 Å². The van der Waals surface area contributed by atoms with Gasteiger partial charge in [0.05, 0.1) is 6.61 Å². The molecule has 0 aliphatic carbocycles. The van der Waals surface area contributed by atoms with Crippen LogP contribution >= 0.6 is 0 Å². The van der Waals surface area contributed by atoms with Gasteiger partial charge >= 0.3 is 0 Å². The summed E-state index contributed by atoms with van der Waals surface area (Å²) in [6, 6.07) is 0. The molecule has 0 bridgehead atoms. The third-order valence-electron chi connectivity index (χ3n) is 2.85. The molecule has 1 atom stereocenters. The molecule has 1 rings (SSSR count). The second-order valence-corrected chi connectivity index (χ2v) is 3.79. The Balaban J connectivity index is 2.53. The molecule has 0 saturated carbocycles. The highest BCUT2D eigenvalue weighted by Crippen LogP contribution is 2.26. The molecule has 1 saturated heterocycles. The van der Waals surface area contributed by atoms with Gasteiger partial charge in [0.15, 0.2) is 0 Å². The van der Waals surface area contributed by atoms with Crippen molar-refractivity contribution in [2.75, 3.05) is 26.4 Å². The molecular formula is C9H18FNO. The Kier molecular flexibility index (Phi) is 3.47. The quantitative estimate of drug-likeness (QED) is 0.696. The maximum absolute atomic E-state index is 12.1. The van der Waals surface area contributed by atoms with E-state index < -0.39 is 0 Å². The Morgan fingerprint density at radius 3 is 2.83 bits per heavy atom. The van der Waals surface area contributed by atoms with Crippen molar-refractivity contribution in [2.45, 2.75) is 31.7 Å². The summed E-state index contributed by atoms with van der Waals surface area (Å²) >= 11 is 0. The summed E-state index contributed by atoms with van der Waals surface area (Å²) < 4.78 is 12.1. The number of alkyl halides is 1. The molecule has 0 aromatic carbocycles. The minimum Gasteiger partial charge on any atom is -0.394 e. The molecule has 0 radical (unpaired) electrons. The molecule has 0 spiro atoms. The van der Waals surface area contributed by atoms with Gasteiger partial charge < -0.3 is 5.11 Å². The van der Waals surface area contributed by atoms with Crippen molar-refractivity contribution in [2.24, 2.45) is 0 Å². The monoisotopic (exact) mass is 175 g/mol. The third-order valence-corrected chi connectivity index (χ3v) is 2.85. The van der Waals surface area contributed by atoms with Crippen LogP contribution in [-0.2, 0) is 0 Å². The zero-order chi connectivity index (χ0) is 9.03.